The van der Waals surface area contributed by atoms with Crippen molar-refractivity contribution in [2.24, 2.45) is 0 Å². The van der Waals surface area contributed by atoms with Crippen LogP contribution in [-0.4, -0.2) is 41.8 Å². The van der Waals surface area contributed by atoms with Gasteiger partial charge in [0.1, 0.15) is 11.9 Å². The molecule has 25 heavy (non-hydrogen) atoms. The van der Waals surface area contributed by atoms with Crippen LogP contribution >= 0.6 is 0 Å². The Balaban J connectivity index is 1.67. The fraction of sp³-hybridized carbons (Fsp3) is 0.500. The van der Waals surface area contributed by atoms with Gasteiger partial charge >= 0.3 is 0 Å². The molecule has 0 radical (unpaired) electrons. The molecule has 2 saturated heterocycles. The number of halogens is 1. The molecular formula is C18H20FN3O3. The molecule has 4 rings (SSSR count). The van der Waals surface area contributed by atoms with Crippen LogP contribution in [0.1, 0.15) is 53.1 Å². The van der Waals surface area contributed by atoms with Crippen molar-refractivity contribution >= 4 is 17.7 Å². The van der Waals surface area contributed by atoms with Gasteiger partial charge in [-0.3, -0.25) is 19.7 Å². The van der Waals surface area contributed by atoms with Crippen LogP contribution in [0.5, 0.6) is 0 Å². The second-order valence-corrected chi connectivity index (χ2v) is 6.91. The Morgan fingerprint density at radius 1 is 1.08 bits per heavy atom. The summed E-state index contributed by atoms with van der Waals surface area (Å²) in [6.45, 7) is 1.90. The molecule has 2 N–H and O–H groups in total. The van der Waals surface area contributed by atoms with Crippen molar-refractivity contribution in [2.45, 2.75) is 44.2 Å². The molecule has 3 aliphatic heterocycles. The number of rotatable bonds is 2. The third-order valence-electron chi connectivity index (χ3n) is 5.46. The zero-order valence-electron chi connectivity index (χ0n) is 13.8. The SMILES string of the molecule is O=C1CCC(N2Cc3c(ccc(F)c3C3CCNCC3)C2=O)C(=O)N1. The molecule has 1 unspecified atom stereocenters. The average molecular weight is 345 g/mol. The van der Waals surface area contributed by atoms with Gasteiger partial charge in [0, 0.05) is 18.5 Å². The summed E-state index contributed by atoms with van der Waals surface area (Å²) in [7, 11) is 0. The molecule has 2 fully saturated rings. The molecule has 7 heteroatoms. The van der Waals surface area contributed by atoms with Crippen LogP contribution in [0.4, 0.5) is 4.39 Å². The maximum Gasteiger partial charge on any atom is 0.255 e. The van der Waals surface area contributed by atoms with Crippen LogP contribution in [0, 0.1) is 5.82 Å². The van der Waals surface area contributed by atoms with Crippen LogP contribution in [-0.2, 0) is 16.1 Å². The first-order valence-electron chi connectivity index (χ1n) is 8.73. The van der Waals surface area contributed by atoms with E-state index in [9.17, 15) is 18.8 Å². The molecule has 3 amide bonds. The highest BCUT2D eigenvalue weighted by Gasteiger charge is 2.41. The molecule has 0 saturated carbocycles. The topological polar surface area (TPSA) is 78.5 Å². The van der Waals surface area contributed by atoms with Gasteiger partial charge in [0.2, 0.25) is 11.8 Å². The molecule has 0 aromatic heterocycles. The molecule has 1 aromatic carbocycles. The van der Waals surface area contributed by atoms with Gasteiger partial charge in [0.05, 0.1) is 0 Å². The van der Waals surface area contributed by atoms with Crippen molar-refractivity contribution < 1.29 is 18.8 Å². The lowest BCUT2D eigenvalue weighted by Gasteiger charge is -2.29. The van der Waals surface area contributed by atoms with Crippen molar-refractivity contribution in [1.82, 2.24) is 15.5 Å². The van der Waals surface area contributed by atoms with Crippen LogP contribution in [0.25, 0.3) is 0 Å². The van der Waals surface area contributed by atoms with Crippen molar-refractivity contribution in [1.29, 1.82) is 0 Å². The van der Waals surface area contributed by atoms with Crippen molar-refractivity contribution in [3.63, 3.8) is 0 Å². The first kappa shape index (κ1) is 16.2. The van der Waals surface area contributed by atoms with E-state index >= 15 is 0 Å². The second-order valence-electron chi connectivity index (χ2n) is 6.91. The molecule has 0 aliphatic carbocycles. The number of carbonyl (C=O) groups excluding carboxylic acids is 3. The summed E-state index contributed by atoms with van der Waals surface area (Å²) in [5, 5.41) is 5.56. The highest BCUT2D eigenvalue weighted by atomic mass is 19.1. The predicted octanol–water partition coefficient (Wildman–Crippen LogP) is 1.05. The zero-order valence-corrected chi connectivity index (χ0v) is 13.8. The van der Waals surface area contributed by atoms with Gasteiger partial charge in [-0.25, -0.2) is 4.39 Å². The first-order chi connectivity index (χ1) is 12.1. The fourth-order valence-electron chi connectivity index (χ4n) is 4.19. The van der Waals surface area contributed by atoms with E-state index < -0.39 is 11.9 Å². The van der Waals surface area contributed by atoms with Gasteiger partial charge in [-0.15, -0.1) is 0 Å². The Bertz CT molecular complexity index is 758. The summed E-state index contributed by atoms with van der Waals surface area (Å²) in [5.41, 5.74) is 1.82. The number of amides is 3. The summed E-state index contributed by atoms with van der Waals surface area (Å²) < 4.78 is 14.6. The molecule has 6 nitrogen and oxygen atoms in total. The average Bonchev–Trinajstić information content (AvgIpc) is 2.92. The number of nitrogens with zero attached hydrogens (tertiary/aromatic N) is 1. The first-order valence-corrected chi connectivity index (χ1v) is 8.73. The Morgan fingerprint density at radius 2 is 1.84 bits per heavy atom. The number of fused-ring (bicyclic) bond motifs is 1. The van der Waals surface area contributed by atoms with Crippen molar-refractivity contribution in [2.75, 3.05) is 13.1 Å². The molecule has 3 heterocycles. The summed E-state index contributed by atoms with van der Waals surface area (Å²) in [6, 6.07) is 2.22. The number of carbonyl (C=O) groups is 3. The monoisotopic (exact) mass is 345 g/mol. The fourth-order valence-corrected chi connectivity index (χ4v) is 4.19. The summed E-state index contributed by atoms with van der Waals surface area (Å²) in [6.07, 6.45) is 2.20. The second kappa shape index (κ2) is 6.22. The van der Waals surface area contributed by atoms with Gasteiger partial charge in [0.15, 0.2) is 0 Å². The van der Waals surface area contributed by atoms with Crippen molar-refractivity contribution in [3.8, 4) is 0 Å². The van der Waals surface area contributed by atoms with E-state index in [0.717, 1.165) is 25.9 Å². The number of imide groups is 1. The highest BCUT2D eigenvalue weighted by Crippen LogP contribution is 2.37. The van der Waals surface area contributed by atoms with E-state index in [-0.39, 0.29) is 36.5 Å². The van der Waals surface area contributed by atoms with E-state index in [4.69, 9.17) is 0 Å². The minimum atomic E-state index is -0.665. The smallest absolute Gasteiger partial charge is 0.255 e. The van der Waals surface area contributed by atoms with Crippen LogP contribution in [0.3, 0.4) is 0 Å². The number of hydrogen-bond donors (Lipinski definition) is 2. The summed E-state index contributed by atoms with van der Waals surface area (Å²) >= 11 is 0. The molecule has 3 aliphatic rings. The number of hydrogen-bond acceptors (Lipinski definition) is 4. The van der Waals surface area contributed by atoms with Gasteiger partial charge in [0.25, 0.3) is 5.91 Å². The lowest BCUT2D eigenvalue weighted by atomic mass is 9.85. The lowest BCUT2D eigenvalue weighted by molar-refractivity contribution is -0.136. The van der Waals surface area contributed by atoms with E-state index in [1.807, 2.05) is 0 Å². The molecule has 132 valence electrons. The zero-order chi connectivity index (χ0) is 17.6. The predicted molar refractivity (Wildman–Crippen MR) is 87.3 cm³/mol. The molecule has 1 aromatic rings. The van der Waals surface area contributed by atoms with Crippen LogP contribution in [0.15, 0.2) is 12.1 Å². The van der Waals surface area contributed by atoms with E-state index in [2.05, 4.69) is 10.6 Å². The molecular weight excluding hydrogens is 325 g/mol. The molecule has 0 bridgehead atoms. The largest absolute Gasteiger partial charge is 0.322 e. The Hall–Kier alpha value is -2.28. The Morgan fingerprint density at radius 3 is 2.56 bits per heavy atom. The maximum absolute atomic E-state index is 14.6. The number of benzene rings is 1. The minimum absolute atomic E-state index is 0.0886. The lowest BCUT2D eigenvalue weighted by Crippen LogP contribution is -2.52. The normalized spacial score (nSPS) is 24.4. The third kappa shape index (κ3) is 2.72. The maximum atomic E-state index is 14.6. The number of nitrogens with one attached hydrogen (secondary N) is 2. The third-order valence-corrected chi connectivity index (χ3v) is 5.46. The Labute approximate surface area is 144 Å². The van der Waals surface area contributed by atoms with E-state index in [1.54, 1.807) is 0 Å². The van der Waals surface area contributed by atoms with Crippen molar-refractivity contribution in [3.05, 3.63) is 34.6 Å². The summed E-state index contributed by atoms with van der Waals surface area (Å²) in [5.74, 6) is -1.19. The van der Waals surface area contributed by atoms with Crippen LogP contribution < -0.4 is 10.6 Å². The van der Waals surface area contributed by atoms with Gasteiger partial charge in [-0.05, 0) is 61.5 Å². The molecule has 1 atom stereocenters. The van der Waals surface area contributed by atoms with E-state index in [1.165, 1.54) is 17.0 Å². The Kier molecular flexibility index (Phi) is 4.03. The van der Waals surface area contributed by atoms with Crippen LogP contribution in [0.2, 0.25) is 0 Å². The standard InChI is InChI=1S/C18H20FN3O3/c19-13-2-1-11-12(16(13)10-5-7-20-8-6-10)9-22(18(11)25)14-3-4-15(23)21-17(14)24/h1-2,10,14,20H,3-9H2,(H,21,23,24). The van der Waals surface area contributed by atoms with Gasteiger partial charge in [-0.1, -0.05) is 0 Å². The molecule has 0 spiro atoms. The summed E-state index contributed by atoms with van der Waals surface area (Å²) in [4.78, 5) is 37.8. The number of piperidine rings is 2. The van der Waals surface area contributed by atoms with Gasteiger partial charge < -0.3 is 10.2 Å². The van der Waals surface area contributed by atoms with Gasteiger partial charge in [-0.2, -0.15) is 0 Å². The minimum Gasteiger partial charge on any atom is -0.322 e. The quantitative estimate of drug-likeness (QED) is 0.786. The highest BCUT2D eigenvalue weighted by molar-refractivity contribution is 6.05. The van der Waals surface area contributed by atoms with E-state index in [0.29, 0.717) is 23.1 Å².